The van der Waals surface area contributed by atoms with Gasteiger partial charge in [0.1, 0.15) is 0 Å². The molecule has 12 heavy (non-hydrogen) atoms. The first-order chi connectivity index (χ1) is 5.81. The maximum atomic E-state index is 6.07. The summed E-state index contributed by atoms with van der Waals surface area (Å²) < 4.78 is 0. The van der Waals surface area contributed by atoms with Crippen molar-refractivity contribution < 1.29 is 0 Å². The van der Waals surface area contributed by atoms with E-state index in [0.717, 1.165) is 24.7 Å². The van der Waals surface area contributed by atoms with Crippen molar-refractivity contribution in [2.75, 3.05) is 6.54 Å². The van der Waals surface area contributed by atoms with Gasteiger partial charge in [-0.25, -0.2) is 0 Å². The highest BCUT2D eigenvalue weighted by Crippen LogP contribution is 2.28. The van der Waals surface area contributed by atoms with E-state index in [-0.39, 0.29) is 0 Å². The molecule has 0 unspecified atom stereocenters. The lowest BCUT2D eigenvalue weighted by atomic mass is 10.1. The lowest BCUT2D eigenvalue weighted by Gasteiger charge is -2.09. The Morgan fingerprint density at radius 3 is 2.92 bits per heavy atom. The molecule has 1 heterocycles. The first-order valence-electron chi connectivity index (χ1n) is 4.30. The third kappa shape index (κ3) is 1.23. The summed E-state index contributed by atoms with van der Waals surface area (Å²) in [6.45, 7) is 5.36. The van der Waals surface area contributed by atoms with Crippen LogP contribution in [0.2, 0.25) is 5.02 Å². The van der Waals surface area contributed by atoms with Crippen LogP contribution in [-0.2, 0) is 13.1 Å². The minimum Gasteiger partial charge on any atom is -0.295 e. The van der Waals surface area contributed by atoms with Crippen LogP contribution in [0.3, 0.4) is 0 Å². The summed E-state index contributed by atoms with van der Waals surface area (Å²) in [5.74, 6) is 0. The molecule has 1 aliphatic heterocycles. The number of hydrogen-bond acceptors (Lipinski definition) is 1. The Kier molecular flexibility index (Phi) is 2.07. The van der Waals surface area contributed by atoms with Gasteiger partial charge < -0.3 is 0 Å². The molecule has 2 rings (SSSR count). The molecule has 0 amide bonds. The van der Waals surface area contributed by atoms with E-state index in [4.69, 9.17) is 11.6 Å². The van der Waals surface area contributed by atoms with Gasteiger partial charge in [-0.3, -0.25) is 4.90 Å². The first-order valence-corrected chi connectivity index (χ1v) is 4.67. The van der Waals surface area contributed by atoms with E-state index in [9.17, 15) is 0 Å². The molecule has 0 bridgehead atoms. The molecule has 0 atom stereocenters. The zero-order valence-electron chi connectivity index (χ0n) is 7.18. The second-order valence-corrected chi connectivity index (χ2v) is 3.59. The van der Waals surface area contributed by atoms with Crippen molar-refractivity contribution in [1.82, 2.24) is 4.90 Å². The summed E-state index contributed by atoms with van der Waals surface area (Å²) >= 11 is 6.07. The minimum absolute atomic E-state index is 0.920. The fourth-order valence-corrected chi connectivity index (χ4v) is 1.93. The van der Waals surface area contributed by atoms with E-state index < -0.39 is 0 Å². The van der Waals surface area contributed by atoms with Crippen molar-refractivity contribution in [3.05, 3.63) is 34.3 Å². The normalized spacial score (nSPS) is 16.5. The number of nitrogens with zero attached hydrogens (tertiary/aromatic N) is 1. The minimum atomic E-state index is 0.920. The SMILES string of the molecule is CCN1Cc2cccc(Cl)c2C1. The van der Waals surface area contributed by atoms with Crippen LogP contribution >= 0.6 is 11.6 Å². The van der Waals surface area contributed by atoms with Gasteiger partial charge in [-0.1, -0.05) is 30.7 Å². The zero-order valence-corrected chi connectivity index (χ0v) is 7.93. The predicted molar refractivity (Wildman–Crippen MR) is 51.2 cm³/mol. The van der Waals surface area contributed by atoms with Crippen LogP contribution in [0, 0.1) is 0 Å². The highest BCUT2D eigenvalue weighted by Gasteiger charge is 2.18. The molecule has 2 heteroatoms. The Balaban J connectivity index is 2.35. The van der Waals surface area contributed by atoms with E-state index in [2.05, 4.69) is 17.9 Å². The Hall–Kier alpha value is -0.530. The van der Waals surface area contributed by atoms with Gasteiger partial charge in [0.05, 0.1) is 0 Å². The van der Waals surface area contributed by atoms with Gasteiger partial charge in [-0.15, -0.1) is 0 Å². The van der Waals surface area contributed by atoms with E-state index in [0.29, 0.717) is 0 Å². The number of rotatable bonds is 1. The molecule has 0 saturated carbocycles. The number of hydrogen-bond donors (Lipinski definition) is 0. The summed E-state index contributed by atoms with van der Waals surface area (Å²) in [7, 11) is 0. The van der Waals surface area contributed by atoms with Crippen LogP contribution in [0.1, 0.15) is 18.1 Å². The quantitative estimate of drug-likeness (QED) is 0.644. The molecule has 0 aromatic heterocycles. The molecule has 0 aliphatic carbocycles. The molecule has 64 valence electrons. The molecule has 0 radical (unpaired) electrons. The smallest absolute Gasteiger partial charge is 0.0454 e. The van der Waals surface area contributed by atoms with Gasteiger partial charge in [0.25, 0.3) is 0 Å². The van der Waals surface area contributed by atoms with Crippen molar-refractivity contribution in [2.24, 2.45) is 0 Å². The monoisotopic (exact) mass is 181 g/mol. The molecule has 0 saturated heterocycles. The molecule has 0 fully saturated rings. The molecule has 1 aromatic carbocycles. The second-order valence-electron chi connectivity index (χ2n) is 3.18. The third-order valence-electron chi connectivity index (χ3n) is 2.44. The van der Waals surface area contributed by atoms with Crippen molar-refractivity contribution in [1.29, 1.82) is 0 Å². The highest BCUT2D eigenvalue weighted by atomic mass is 35.5. The Labute approximate surface area is 77.9 Å². The number of fused-ring (bicyclic) bond motifs is 1. The Bertz CT molecular complexity index is 296. The third-order valence-corrected chi connectivity index (χ3v) is 2.79. The Morgan fingerprint density at radius 1 is 1.42 bits per heavy atom. The number of halogens is 1. The molecule has 0 N–H and O–H groups in total. The van der Waals surface area contributed by atoms with E-state index in [1.807, 2.05) is 12.1 Å². The molecule has 1 nitrogen and oxygen atoms in total. The lowest BCUT2D eigenvalue weighted by molar-refractivity contribution is 0.301. The molecular formula is C10H12ClN. The van der Waals surface area contributed by atoms with Gasteiger partial charge in [0.15, 0.2) is 0 Å². The van der Waals surface area contributed by atoms with Crippen LogP contribution in [0.25, 0.3) is 0 Å². The van der Waals surface area contributed by atoms with Gasteiger partial charge in [0.2, 0.25) is 0 Å². The van der Waals surface area contributed by atoms with Crippen molar-refractivity contribution >= 4 is 11.6 Å². The molecule has 1 aliphatic rings. The van der Waals surface area contributed by atoms with Crippen molar-refractivity contribution in [3.63, 3.8) is 0 Å². The summed E-state index contributed by atoms with van der Waals surface area (Å²) in [4.78, 5) is 2.39. The van der Waals surface area contributed by atoms with Crippen LogP contribution < -0.4 is 0 Å². The van der Waals surface area contributed by atoms with Crippen LogP contribution in [0.5, 0.6) is 0 Å². The summed E-state index contributed by atoms with van der Waals surface area (Å²) in [5.41, 5.74) is 2.71. The maximum Gasteiger partial charge on any atom is 0.0454 e. The lowest BCUT2D eigenvalue weighted by Crippen LogP contribution is -2.14. The van der Waals surface area contributed by atoms with Crippen LogP contribution in [0.15, 0.2) is 18.2 Å². The summed E-state index contributed by atoms with van der Waals surface area (Å²) in [5, 5.41) is 0.920. The van der Waals surface area contributed by atoms with E-state index in [1.165, 1.54) is 11.1 Å². The highest BCUT2D eigenvalue weighted by molar-refractivity contribution is 6.31. The summed E-state index contributed by atoms with van der Waals surface area (Å²) in [6.07, 6.45) is 0. The Morgan fingerprint density at radius 2 is 2.25 bits per heavy atom. The van der Waals surface area contributed by atoms with Crippen LogP contribution in [-0.4, -0.2) is 11.4 Å². The van der Waals surface area contributed by atoms with Gasteiger partial charge >= 0.3 is 0 Å². The average molecular weight is 182 g/mol. The van der Waals surface area contributed by atoms with E-state index in [1.54, 1.807) is 0 Å². The molecule has 0 spiro atoms. The topological polar surface area (TPSA) is 3.24 Å². The maximum absolute atomic E-state index is 6.07. The summed E-state index contributed by atoms with van der Waals surface area (Å²) in [6, 6.07) is 6.16. The van der Waals surface area contributed by atoms with Crippen molar-refractivity contribution in [2.45, 2.75) is 20.0 Å². The van der Waals surface area contributed by atoms with Gasteiger partial charge in [-0.05, 0) is 23.7 Å². The molecular weight excluding hydrogens is 170 g/mol. The first kappa shape index (κ1) is 8.09. The van der Waals surface area contributed by atoms with E-state index >= 15 is 0 Å². The standard InChI is InChI=1S/C10H12ClN/c1-2-12-6-8-4-3-5-10(11)9(8)7-12/h3-5H,2,6-7H2,1H3. The largest absolute Gasteiger partial charge is 0.295 e. The van der Waals surface area contributed by atoms with Crippen molar-refractivity contribution in [3.8, 4) is 0 Å². The molecule has 1 aromatic rings. The number of benzene rings is 1. The van der Waals surface area contributed by atoms with Gasteiger partial charge in [0, 0.05) is 18.1 Å². The average Bonchev–Trinajstić information content (AvgIpc) is 2.49. The van der Waals surface area contributed by atoms with Crippen LogP contribution in [0.4, 0.5) is 0 Å². The fraction of sp³-hybridized carbons (Fsp3) is 0.400. The fourth-order valence-electron chi connectivity index (χ4n) is 1.67. The zero-order chi connectivity index (χ0) is 8.55. The second kappa shape index (κ2) is 3.08. The van der Waals surface area contributed by atoms with Gasteiger partial charge in [-0.2, -0.15) is 0 Å². The predicted octanol–water partition coefficient (Wildman–Crippen LogP) is 2.68.